The molecule has 82 valence electrons. The molecule has 2 N–H and O–H groups in total. The minimum absolute atomic E-state index is 0.135. The molecular formula is C12H18N2O. The van der Waals surface area contributed by atoms with Gasteiger partial charge in [-0.1, -0.05) is 0 Å². The maximum absolute atomic E-state index is 6.26. The van der Waals surface area contributed by atoms with Crippen LogP contribution in [0, 0.1) is 12.8 Å². The number of nitrogens with zero attached hydrogens (tertiary/aromatic N) is 1. The second-order valence-corrected chi connectivity index (χ2v) is 4.21. The lowest BCUT2D eigenvalue weighted by Crippen LogP contribution is -2.27. The third-order valence-corrected chi connectivity index (χ3v) is 3.08. The van der Waals surface area contributed by atoms with Crippen LogP contribution in [0.15, 0.2) is 18.3 Å². The molecule has 0 bridgehead atoms. The molecule has 3 heteroatoms. The molecule has 1 fully saturated rings. The van der Waals surface area contributed by atoms with Crippen molar-refractivity contribution >= 4 is 0 Å². The number of nitrogens with two attached hydrogens (primary N) is 1. The molecule has 1 saturated heterocycles. The van der Waals surface area contributed by atoms with E-state index < -0.39 is 0 Å². The molecule has 0 spiro atoms. The van der Waals surface area contributed by atoms with Crippen molar-refractivity contribution in [3.8, 4) is 0 Å². The van der Waals surface area contributed by atoms with Gasteiger partial charge in [0.05, 0.1) is 0 Å². The molecule has 1 aliphatic heterocycles. The topological polar surface area (TPSA) is 48.1 Å². The fraction of sp³-hybridized carbons (Fsp3) is 0.583. The Morgan fingerprint density at radius 2 is 2.20 bits per heavy atom. The zero-order valence-corrected chi connectivity index (χ0v) is 9.15. The Morgan fingerprint density at radius 1 is 1.47 bits per heavy atom. The number of hydrogen-bond acceptors (Lipinski definition) is 3. The van der Waals surface area contributed by atoms with Crippen molar-refractivity contribution in [3.05, 3.63) is 29.6 Å². The predicted octanol–water partition coefficient (Wildman–Crippen LogP) is 1.82. The number of hydrogen-bond donors (Lipinski definition) is 1. The van der Waals surface area contributed by atoms with Crippen molar-refractivity contribution in [1.29, 1.82) is 0 Å². The van der Waals surface area contributed by atoms with Crippen LogP contribution in [-0.4, -0.2) is 18.2 Å². The molecule has 0 radical (unpaired) electrons. The summed E-state index contributed by atoms with van der Waals surface area (Å²) >= 11 is 0. The Labute approximate surface area is 90.7 Å². The van der Waals surface area contributed by atoms with Gasteiger partial charge >= 0.3 is 0 Å². The average Bonchev–Trinajstić information content (AvgIpc) is 2.29. The predicted molar refractivity (Wildman–Crippen MR) is 59.4 cm³/mol. The van der Waals surface area contributed by atoms with Crippen LogP contribution >= 0.6 is 0 Å². The van der Waals surface area contributed by atoms with E-state index in [0.29, 0.717) is 5.92 Å². The molecule has 2 heterocycles. The number of rotatable bonds is 2. The summed E-state index contributed by atoms with van der Waals surface area (Å²) in [5.74, 6) is 0.556. The monoisotopic (exact) mass is 206 g/mol. The highest BCUT2D eigenvalue weighted by Crippen LogP contribution is 2.27. The molecular weight excluding hydrogens is 188 g/mol. The molecule has 1 atom stereocenters. The van der Waals surface area contributed by atoms with Gasteiger partial charge in [-0.25, -0.2) is 0 Å². The number of ether oxygens (including phenoxy) is 1. The Morgan fingerprint density at radius 3 is 2.87 bits per heavy atom. The number of pyridine rings is 1. The zero-order valence-electron chi connectivity index (χ0n) is 9.15. The van der Waals surface area contributed by atoms with Crippen molar-refractivity contribution < 1.29 is 4.74 Å². The first-order valence-corrected chi connectivity index (χ1v) is 5.53. The molecule has 0 saturated carbocycles. The van der Waals surface area contributed by atoms with Gasteiger partial charge in [-0.15, -0.1) is 0 Å². The van der Waals surface area contributed by atoms with Gasteiger partial charge in [0, 0.05) is 31.1 Å². The maximum Gasteiger partial charge on any atom is 0.0469 e. The van der Waals surface area contributed by atoms with Crippen LogP contribution in [0.5, 0.6) is 0 Å². The van der Waals surface area contributed by atoms with Gasteiger partial charge in [0.25, 0.3) is 0 Å². The molecule has 3 nitrogen and oxygen atoms in total. The zero-order chi connectivity index (χ0) is 10.7. The molecule has 1 aliphatic rings. The van der Waals surface area contributed by atoms with Gasteiger partial charge in [-0.3, -0.25) is 4.98 Å². The van der Waals surface area contributed by atoms with E-state index in [1.54, 1.807) is 0 Å². The van der Waals surface area contributed by atoms with Crippen LogP contribution < -0.4 is 5.73 Å². The second kappa shape index (κ2) is 4.73. The molecule has 1 aromatic heterocycles. The van der Waals surface area contributed by atoms with E-state index in [2.05, 4.69) is 11.1 Å². The summed E-state index contributed by atoms with van der Waals surface area (Å²) in [5.41, 5.74) is 8.50. The standard InChI is InChI=1S/C12H18N2O/c1-9-8-11(2-5-14-9)12(13)10-3-6-15-7-4-10/h2,5,8,10,12H,3-4,6-7,13H2,1H3. The highest BCUT2D eigenvalue weighted by molar-refractivity contribution is 5.19. The van der Waals surface area contributed by atoms with Crippen molar-refractivity contribution in [2.75, 3.05) is 13.2 Å². The summed E-state index contributed by atoms with van der Waals surface area (Å²) in [4.78, 5) is 4.19. The molecule has 15 heavy (non-hydrogen) atoms. The SMILES string of the molecule is Cc1cc(C(N)C2CCOCC2)ccn1. The first-order valence-electron chi connectivity index (χ1n) is 5.53. The van der Waals surface area contributed by atoms with Gasteiger partial charge in [0.1, 0.15) is 0 Å². The van der Waals surface area contributed by atoms with Gasteiger partial charge in [0.15, 0.2) is 0 Å². The van der Waals surface area contributed by atoms with E-state index >= 15 is 0 Å². The average molecular weight is 206 g/mol. The molecule has 1 aromatic rings. The largest absolute Gasteiger partial charge is 0.381 e. The summed E-state index contributed by atoms with van der Waals surface area (Å²) in [5, 5.41) is 0. The Hall–Kier alpha value is -0.930. The number of aromatic nitrogens is 1. The summed E-state index contributed by atoms with van der Waals surface area (Å²) in [6.07, 6.45) is 3.98. The van der Waals surface area contributed by atoms with E-state index in [4.69, 9.17) is 10.5 Å². The molecule has 0 aromatic carbocycles. The van der Waals surface area contributed by atoms with Crippen LogP contribution in [0.1, 0.15) is 30.1 Å². The lowest BCUT2D eigenvalue weighted by molar-refractivity contribution is 0.0583. The van der Waals surface area contributed by atoms with Crippen molar-refractivity contribution in [1.82, 2.24) is 4.98 Å². The number of aryl methyl sites for hydroxylation is 1. The third kappa shape index (κ3) is 2.55. The lowest BCUT2D eigenvalue weighted by Gasteiger charge is -2.27. The van der Waals surface area contributed by atoms with Gasteiger partial charge in [0.2, 0.25) is 0 Å². The van der Waals surface area contributed by atoms with Crippen molar-refractivity contribution in [3.63, 3.8) is 0 Å². The van der Waals surface area contributed by atoms with Crippen LogP contribution in [0.4, 0.5) is 0 Å². The van der Waals surface area contributed by atoms with Crippen LogP contribution in [-0.2, 0) is 4.74 Å². The van der Waals surface area contributed by atoms with Crippen molar-refractivity contribution in [2.45, 2.75) is 25.8 Å². The van der Waals surface area contributed by atoms with Crippen LogP contribution in [0.3, 0.4) is 0 Å². The molecule has 0 aliphatic carbocycles. The highest BCUT2D eigenvalue weighted by Gasteiger charge is 2.22. The van der Waals surface area contributed by atoms with E-state index in [-0.39, 0.29) is 6.04 Å². The quantitative estimate of drug-likeness (QED) is 0.803. The Balaban J connectivity index is 2.08. The molecule has 2 rings (SSSR count). The molecule has 1 unspecified atom stereocenters. The summed E-state index contributed by atoms with van der Waals surface area (Å²) in [6, 6.07) is 4.24. The smallest absolute Gasteiger partial charge is 0.0469 e. The Bertz CT molecular complexity index is 321. The van der Waals surface area contributed by atoms with Gasteiger partial charge in [-0.2, -0.15) is 0 Å². The van der Waals surface area contributed by atoms with E-state index in [1.807, 2.05) is 19.2 Å². The maximum atomic E-state index is 6.26. The van der Waals surface area contributed by atoms with E-state index in [9.17, 15) is 0 Å². The van der Waals surface area contributed by atoms with Crippen molar-refractivity contribution in [2.24, 2.45) is 11.7 Å². The van der Waals surface area contributed by atoms with Crippen LogP contribution in [0.2, 0.25) is 0 Å². The first kappa shape index (κ1) is 10.6. The van der Waals surface area contributed by atoms with Gasteiger partial charge < -0.3 is 10.5 Å². The molecule has 0 amide bonds. The Kier molecular flexibility index (Phi) is 3.34. The minimum atomic E-state index is 0.135. The normalized spacial score (nSPS) is 20.1. The fourth-order valence-corrected chi connectivity index (χ4v) is 2.12. The fourth-order valence-electron chi connectivity index (χ4n) is 2.12. The third-order valence-electron chi connectivity index (χ3n) is 3.08. The highest BCUT2D eigenvalue weighted by atomic mass is 16.5. The minimum Gasteiger partial charge on any atom is -0.381 e. The van der Waals surface area contributed by atoms with Gasteiger partial charge in [-0.05, 0) is 43.4 Å². The van der Waals surface area contributed by atoms with E-state index in [0.717, 1.165) is 31.7 Å². The van der Waals surface area contributed by atoms with E-state index in [1.165, 1.54) is 5.56 Å². The summed E-state index contributed by atoms with van der Waals surface area (Å²) < 4.78 is 5.34. The summed E-state index contributed by atoms with van der Waals surface area (Å²) in [7, 11) is 0. The first-order chi connectivity index (χ1) is 7.27. The summed E-state index contributed by atoms with van der Waals surface area (Å²) in [6.45, 7) is 3.70. The van der Waals surface area contributed by atoms with Crippen LogP contribution in [0.25, 0.3) is 0 Å². The second-order valence-electron chi connectivity index (χ2n) is 4.21. The lowest BCUT2D eigenvalue weighted by atomic mass is 9.88.